The van der Waals surface area contributed by atoms with Gasteiger partial charge in [-0.05, 0) is 13.1 Å². The summed E-state index contributed by atoms with van der Waals surface area (Å²) in [5.74, 6) is 0. The third-order valence-corrected chi connectivity index (χ3v) is 2.09. The number of piperazine rings is 2. The van der Waals surface area contributed by atoms with Crippen molar-refractivity contribution in [2.45, 2.75) is 0 Å². The van der Waals surface area contributed by atoms with Crippen LogP contribution in [0, 0.1) is 20.9 Å². The molecule has 3 nitrogen and oxygen atoms in total. The Morgan fingerprint density at radius 1 is 0.923 bits per heavy atom. The first-order chi connectivity index (χ1) is 4.97. The summed E-state index contributed by atoms with van der Waals surface area (Å²) in [6.07, 6.45) is 0. The van der Waals surface area contributed by atoms with Crippen molar-refractivity contribution < 1.29 is 17.1 Å². The molecule has 2 rings (SSSR count). The van der Waals surface area contributed by atoms with Gasteiger partial charge in [-0.3, -0.25) is 19.1 Å². The molecule has 0 N–H and O–H groups in total. The van der Waals surface area contributed by atoms with Crippen LogP contribution in [-0.4, -0.2) is 44.2 Å². The van der Waals surface area contributed by atoms with Gasteiger partial charge >= 0.3 is 0 Å². The first-order valence-corrected chi connectivity index (χ1v) is 3.83. The Balaban J connectivity index is 0. The van der Waals surface area contributed by atoms with Crippen molar-refractivity contribution in [2.75, 3.05) is 39.3 Å². The smallest absolute Gasteiger partial charge is 0 e. The zero-order chi connectivity index (χ0) is 6.81. The number of fused-ring (bicyclic) bond motifs is 1. The molecule has 0 atom stereocenters. The van der Waals surface area contributed by atoms with Crippen LogP contribution in [0.25, 0.3) is 10.6 Å². The molecule has 0 spiro atoms. The van der Waals surface area contributed by atoms with Crippen LogP contribution >= 0.6 is 0 Å². The van der Waals surface area contributed by atoms with E-state index < -0.39 is 0 Å². The fraction of sp³-hybridized carbons (Fsp3) is 0.667. The van der Waals surface area contributed by atoms with Gasteiger partial charge in [-0.15, -0.1) is 13.1 Å². The largest absolute Gasteiger partial charge is 0.686 e. The van der Waals surface area contributed by atoms with E-state index in [9.17, 15) is 0 Å². The van der Waals surface area contributed by atoms with Crippen molar-refractivity contribution in [1.29, 1.82) is 0 Å². The van der Waals surface area contributed by atoms with Crippen LogP contribution in [-0.2, 0) is 17.1 Å². The molecule has 0 aromatic heterocycles. The third-order valence-electron chi connectivity index (χ3n) is 2.09. The van der Waals surface area contributed by atoms with Crippen LogP contribution in [0.4, 0.5) is 0 Å². The molecular weight excluding hydrogens is 214 g/mol. The average Bonchev–Trinajstić information content (AvgIpc) is 2.05. The predicted molar refractivity (Wildman–Crippen MR) is 53.8 cm³/mol. The SMILES string of the molecule is C1CN2CC[N-]C[C-]2C[N-]1.[CH3-].[CH3-].[Cu]. The van der Waals surface area contributed by atoms with Crippen LogP contribution in [0.1, 0.15) is 0 Å². The molecule has 2 aliphatic rings. The molecule has 85 valence electrons. The van der Waals surface area contributed by atoms with Crippen molar-refractivity contribution in [1.82, 2.24) is 4.90 Å². The van der Waals surface area contributed by atoms with Gasteiger partial charge in [0.25, 0.3) is 0 Å². The van der Waals surface area contributed by atoms with E-state index in [0.29, 0.717) is 0 Å². The fourth-order valence-corrected chi connectivity index (χ4v) is 1.48. The number of rotatable bonds is 0. The summed E-state index contributed by atoms with van der Waals surface area (Å²) in [6, 6.07) is 1.43. The maximum atomic E-state index is 4.32. The zero-order valence-electron chi connectivity index (χ0n) is 8.39. The summed E-state index contributed by atoms with van der Waals surface area (Å²) in [4.78, 5) is 2.43. The van der Waals surface area contributed by atoms with Crippen LogP contribution in [0.15, 0.2) is 0 Å². The van der Waals surface area contributed by atoms with Crippen molar-refractivity contribution in [2.24, 2.45) is 0 Å². The van der Waals surface area contributed by atoms with Gasteiger partial charge in [0.15, 0.2) is 0 Å². The van der Waals surface area contributed by atoms with E-state index >= 15 is 0 Å². The van der Waals surface area contributed by atoms with Crippen molar-refractivity contribution in [3.8, 4) is 0 Å². The van der Waals surface area contributed by atoms with Gasteiger partial charge < -0.3 is 30.4 Å². The van der Waals surface area contributed by atoms with Gasteiger partial charge in [0.05, 0.1) is 0 Å². The Morgan fingerprint density at radius 2 is 1.38 bits per heavy atom. The second kappa shape index (κ2) is 7.77. The summed E-state index contributed by atoms with van der Waals surface area (Å²) in [6.45, 7) is 6.16. The fourth-order valence-electron chi connectivity index (χ4n) is 1.48. The molecule has 2 saturated heterocycles. The maximum Gasteiger partial charge on any atom is 0 e. The minimum absolute atomic E-state index is 0. The second-order valence-corrected chi connectivity index (χ2v) is 2.76. The van der Waals surface area contributed by atoms with Gasteiger partial charge in [-0.2, -0.15) is 0 Å². The maximum absolute atomic E-state index is 4.32. The minimum Gasteiger partial charge on any atom is -0.686 e. The molecule has 0 aromatic carbocycles. The van der Waals surface area contributed by atoms with Crippen LogP contribution in [0.5, 0.6) is 0 Å². The van der Waals surface area contributed by atoms with Crippen molar-refractivity contribution in [3.05, 3.63) is 31.5 Å². The molecule has 2 heterocycles. The van der Waals surface area contributed by atoms with Crippen LogP contribution < -0.4 is 0 Å². The van der Waals surface area contributed by atoms with Gasteiger partial charge in [-0.25, -0.2) is 0 Å². The Hall–Kier alpha value is 0.399. The molecule has 1 radical (unpaired) electrons. The van der Waals surface area contributed by atoms with E-state index in [1.165, 1.54) is 6.04 Å². The topological polar surface area (TPSA) is 31.4 Å². The monoisotopic (exact) mass is 231 g/mol. The van der Waals surface area contributed by atoms with E-state index in [2.05, 4.69) is 15.5 Å². The Morgan fingerprint density at radius 3 is 1.77 bits per heavy atom. The first-order valence-electron chi connectivity index (χ1n) is 3.83. The van der Waals surface area contributed by atoms with Crippen LogP contribution in [0.3, 0.4) is 0 Å². The average molecular weight is 232 g/mol. The Bertz CT molecular complexity index is 95.4. The number of nitrogens with zero attached hydrogens (tertiary/aromatic N) is 3. The molecule has 2 aliphatic heterocycles. The number of hydrogen-bond acceptors (Lipinski definition) is 1. The standard InChI is InChI=1S/C7H12N3.2CH3.Cu/c1-3-10-4-2-9-6-7(10)5-8-1;;;/h1-6H2;2*1H3;/q-3;2*-1;. The van der Waals surface area contributed by atoms with Gasteiger partial charge in [-0.1, -0.05) is 0 Å². The summed E-state index contributed by atoms with van der Waals surface area (Å²) >= 11 is 0. The van der Waals surface area contributed by atoms with E-state index in [0.717, 1.165) is 39.3 Å². The summed E-state index contributed by atoms with van der Waals surface area (Å²) in [7, 11) is 0. The Labute approximate surface area is 93.1 Å². The molecule has 0 amide bonds. The van der Waals surface area contributed by atoms with Gasteiger partial charge in [0, 0.05) is 17.1 Å². The van der Waals surface area contributed by atoms with E-state index in [-0.39, 0.29) is 31.9 Å². The molecule has 0 aromatic rings. The van der Waals surface area contributed by atoms with E-state index in [1.807, 2.05) is 0 Å². The molecule has 0 bridgehead atoms. The van der Waals surface area contributed by atoms with E-state index in [1.54, 1.807) is 0 Å². The summed E-state index contributed by atoms with van der Waals surface area (Å²) < 4.78 is 0. The van der Waals surface area contributed by atoms with E-state index in [4.69, 9.17) is 0 Å². The van der Waals surface area contributed by atoms with Gasteiger partial charge in [0.1, 0.15) is 0 Å². The molecule has 0 saturated carbocycles. The molecule has 0 unspecified atom stereocenters. The Kier molecular flexibility index (Phi) is 9.48. The predicted octanol–water partition coefficient (Wildman–Crippen LogP) is 1.49. The number of hydrogen-bond donors (Lipinski definition) is 0. The summed E-state index contributed by atoms with van der Waals surface area (Å²) in [5.41, 5.74) is 0. The quantitative estimate of drug-likeness (QED) is 0.459. The zero-order valence-corrected chi connectivity index (χ0v) is 9.33. The van der Waals surface area contributed by atoms with Crippen LogP contribution in [0.2, 0.25) is 0 Å². The first kappa shape index (κ1) is 15.9. The molecule has 2 fully saturated rings. The normalized spacial score (nSPS) is 23.1. The third kappa shape index (κ3) is 3.96. The summed E-state index contributed by atoms with van der Waals surface area (Å²) in [5, 5.41) is 8.65. The second-order valence-electron chi connectivity index (χ2n) is 2.76. The molecule has 0 aliphatic carbocycles. The molecule has 13 heavy (non-hydrogen) atoms. The van der Waals surface area contributed by atoms with Gasteiger partial charge in [0.2, 0.25) is 0 Å². The molecular formula is C9H18CuN3-5. The molecule has 4 heteroatoms. The van der Waals surface area contributed by atoms with Crippen molar-refractivity contribution >= 4 is 0 Å². The van der Waals surface area contributed by atoms with Crippen molar-refractivity contribution in [3.63, 3.8) is 0 Å². The minimum atomic E-state index is 0.